The molecule has 0 saturated heterocycles. The first-order valence-corrected chi connectivity index (χ1v) is 8.88. The maximum Gasteiger partial charge on any atom is 0.348 e. The van der Waals surface area contributed by atoms with E-state index in [-0.39, 0.29) is 32.8 Å². The van der Waals surface area contributed by atoms with Crippen molar-refractivity contribution in [2.45, 2.75) is 20.3 Å². The van der Waals surface area contributed by atoms with Crippen LogP contribution in [0, 0.1) is 6.92 Å². The van der Waals surface area contributed by atoms with Crippen LogP contribution in [0.25, 0.3) is 0 Å². The minimum Gasteiger partial charge on any atom is -0.465 e. The van der Waals surface area contributed by atoms with E-state index in [4.69, 9.17) is 21.1 Å². The van der Waals surface area contributed by atoms with Crippen molar-refractivity contribution in [1.82, 2.24) is 9.78 Å². The summed E-state index contributed by atoms with van der Waals surface area (Å²) in [6.07, 6.45) is 1.98. The fourth-order valence-corrected chi connectivity index (χ4v) is 3.59. The Labute approximate surface area is 159 Å². The van der Waals surface area contributed by atoms with Crippen molar-refractivity contribution >= 4 is 45.8 Å². The van der Waals surface area contributed by atoms with Crippen molar-refractivity contribution in [3.8, 4) is 0 Å². The summed E-state index contributed by atoms with van der Waals surface area (Å²) in [5.41, 5.74) is 0.634. The van der Waals surface area contributed by atoms with Crippen LogP contribution in [0.3, 0.4) is 0 Å². The standard InChI is InChI=1S/C16H18ClN3O5S/c1-5-6-25-15(22)10-8(2)12(16(23)24-4)26-14(10)19-13(21)11-9(17)7-18-20(11)3/h7H,5-6H2,1-4H3,(H,19,21). The lowest BCUT2D eigenvalue weighted by atomic mass is 10.1. The largest absolute Gasteiger partial charge is 0.465 e. The molecule has 0 aliphatic rings. The zero-order valence-corrected chi connectivity index (χ0v) is 16.3. The monoisotopic (exact) mass is 399 g/mol. The van der Waals surface area contributed by atoms with Crippen molar-refractivity contribution in [3.05, 3.63) is 32.9 Å². The van der Waals surface area contributed by atoms with Crippen molar-refractivity contribution in [2.75, 3.05) is 19.0 Å². The third kappa shape index (κ3) is 3.88. The summed E-state index contributed by atoms with van der Waals surface area (Å²) in [5.74, 6) is -1.78. The smallest absolute Gasteiger partial charge is 0.348 e. The van der Waals surface area contributed by atoms with Crippen LogP contribution in [0.1, 0.15) is 49.4 Å². The Hall–Kier alpha value is -2.39. The van der Waals surface area contributed by atoms with Crippen LogP contribution in [0.15, 0.2) is 6.20 Å². The number of nitrogens with one attached hydrogen (secondary N) is 1. The summed E-state index contributed by atoms with van der Waals surface area (Å²) in [5, 5.41) is 6.88. The zero-order valence-electron chi connectivity index (χ0n) is 14.7. The molecule has 0 radical (unpaired) electrons. The number of nitrogens with zero attached hydrogens (tertiary/aromatic N) is 2. The Morgan fingerprint density at radius 3 is 2.58 bits per heavy atom. The van der Waals surface area contributed by atoms with Crippen molar-refractivity contribution in [2.24, 2.45) is 7.05 Å². The highest BCUT2D eigenvalue weighted by atomic mass is 35.5. The number of hydrogen-bond acceptors (Lipinski definition) is 7. The van der Waals surface area contributed by atoms with E-state index in [1.54, 1.807) is 14.0 Å². The second-order valence-electron chi connectivity index (χ2n) is 5.31. The third-order valence-electron chi connectivity index (χ3n) is 3.50. The highest BCUT2D eigenvalue weighted by molar-refractivity contribution is 7.18. The van der Waals surface area contributed by atoms with Crippen LogP contribution in [-0.4, -0.2) is 41.3 Å². The highest BCUT2D eigenvalue weighted by Crippen LogP contribution is 2.35. The Kier molecular flexibility index (Phi) is 6.38. The lowest BCUT2D eigenvalue weighted by molar-refractivity contribution is 0.0506. The number of halogens is 1. The van der Waals surface area contributed by atoms with Gasteiger partial charge in [-0.15, -0.1) is 11.3 Å². The molecule has 2 aromatic heterocycles. The number of esters is 2. The molecule has 1 N–H and O–H groups in total. The number of aromatic nitrogens is 2. The van der Waals surface area contributed by atoms with Crippen molar-refractivity contribution in [1.29, 1.82) is 0 Å². The zero-order chi connectivity index (χ0) is 19.4. The van der Waals surface area contributed by atoms with Gasteiger partial charge in [-0.1, -0.05) is 18.5 Å². The van der Waals surface area contributed by atoms with Gasteiger partial charge < -0.3 is 14.8 Å². The number of hydrogen-bond donors (Lipinski definition) is 1. The first-order chi connectivity index (χ1) is 12.3. The van der Waals surface area contributed by atoms with Crippen LogP contribution in [0.4, 0.5) is 5.00 Å². The van der Waals surface area contributed by atoms with E-state index in [0.29, 0.717) is 12.0 Å². The number of carbonyl (C=O) groups is 3. The molecule has 0 aliphatic heterocycles. The van der Waals surface area contributed by atoms with Crippen molar-refractivity contribution < 1.29 is 23.9 Å². The van der Waals surface area contributed by atoms with Gasteiger partial charge in [0.2, 0.25) is 0 Å². The molecule has 0 aromatic carbocycles. The predicted molar refractivity (Wildman–Crippen MR) is 97.1 cm³/mol. The molecule has 0 fully saturated rings. The quantitative estimate of drug-likeness (QED) is 0.749. The van der Waals surface area contributed by atoms with Gasteiger partial charge in [-0.3, -0.25) is 9.48 Å². The molecule has 0 saturated carbocycles. The SMILES string of the molecule is CCCOC(=O)c1c(NC(=O)c2c(Cl)cnn2C)sc(C(=O)OC)c1C. The third-order valence-corrected chi connectivity index (χ3v) is 4.96. The van der Waals surface area contributed by atoms with Gasteiger partial charge in [0, 0.05) is 7.05 Å². The summed E-state index contributed by atoms with van der Waals surface area (Å²) < 4.78 is 11.2. The number of amides is 1. The molecule has 10 heteroatoms. The summed E-state index contributed by atoms with van der Waals surface area (Å²) in [7, 11) is 2.81. The predicted octanol–water partition coefficient (Wildman–Crippen LogP) is 3.05. The number of thiophene rings is 1. The van der Waals surface area contributed by atoms with E-state index in [2.05, 4.69) is 10.4 Å². The topological polar surface area (TPSA) is 99.5 Å². The van der Waals surface area contributed by atoms with E-state index in [1.165, 1.54) is 18.0 Å². The molecule has 0 aliphatic carbocycles. The lowest BCUT2D eigenvalue weighted by Crippen LogP contribution is -2.18. The fourth-order valence-electron chi connectivity index (χ4n) is 2.23. The summed E-state index contributed by atoms with van der Waals surface area (Å²) in [4.78, 5) is 37.1. The van der Waals surface area contributed by atoms with E-state index >= 15 is 0 Å². The van der Waals surface area contributed by atoms with Gasteiger partial charge in [0.15, 0.2) is 0 Å². The average Bonchev–Trinajstić information content (AvgIpc) is 3.11. The molecule has 140 valence electrons. The number of methoxy groups -OCH3 is 1. The van der Waals surface area contributed by atoms with Gasteiger partial charge in [-0.2, -0.15) is 5.10 Å². The van der Waals surface area contributed by atoms with E-state index < -0.39 is 17.8 Å². The van der Waals surface area contributed by atoms with E-state index in [0.717, 1.165) is 11.3 Å². The van der Waals surface area contributed by atoms with E-state index in [9.17, 15) is 14.4 Å². The molecule has 0 unspecified atom stereocenters. The molecule has 8 nitrogen and oxygen atoms in total. The number of aryl methyl sites for hydroxylation is 1. The Morgan fingerprint density at radius 1 is 1.35 bits per heavy atom. The highest BCUT2D eigenvalue weighted by Gasteiger charge is 2.28. The van der Waals surface area contributed by atoms with E-state index in [1.807, 2.05) is 6.92 Å². The van der Waals surface area contributed by atoms with Crippen LogP contribution in [-0.2, 0) is 16.5 Å². The average molecular weight is 400 g/mol. The van der Waals surface area contributed by atoms with Gasteiger partial charge in [0.05, 0.1) is 30.5 Å². The maximum atomic E-state index is 12.5. The minimum atomic E-state index is -0.623. The second kappa shape index (κ2) is 8.33. The van der Waals surface area contributed by atoms with Crippen LogP contribution in [0.2, 0.25) is 5.02 Å². The lowest BCUT2D eigenvalue weighted by Gasteiger charge is -2.08. The van der Waals surface area contributed by atoms with Gasteiger partial charge >= 0.3 is 11.9 Å². The molecular formula is C16H18ClN3O5S. The number of ether oxygens (including phenoxy) is 2. The molecule has 0 atom stereocenters. The summed E-state index contributed by atoms with van der Waals surface area (Å²) in [6, 6.07) is 0. The normalized spacial score (nSPS) is 10.5. The molecule has 1 amide bonds. The van der Waals surface area contributed by atoms with Gasteiger partial charge in [-0.25, -0.2) is 9.59 Å². The summed E-state index contributed by atoms with van der Waals surface area (Å²) in [6.45, 7) is 3.68. The Bertz CT molecular complexity index is 839. The number of rotatable bonds is 6. The minimum absolute atomic E-state index is 0.121. The number of anilines is 1. The molecule has 2 rings (SSSR count). The Balaban J connectivity index is 2.44. The maximum absolute atomic E-state index is 12.5. The number of carbonyl (C=O) groups excluding carboxylic acids is 3. The summed E-state index contributed by atoms with van der Waals surface area (Å²) >= 11 is 6.92. The van der Waals surface area contributed by atoms with Gasteiger partial charge in [0.25, 0.3) is 5.91 Å². The molecule has 0 bridgehead atoms. The fraction of sp³-hybridized carbons (Fsp3) is 0.375. The van der Waals surface area contributed by atoms with Crippen molar-refractivity contribution in [3.63, 3.8) is 0 Å². The first-order valence-electron chi connectivity index (χ1n) is 7.69. The molecule has 2 heterocycles. The molecule has 2 aromatic rings. The van der Waals surface area contributed by atoms with Gasteiger partial charge in [0.1, 0.15) is 15.6 Å². The Morgan fingerprint density at radius 2 is 2.04 bits per heavy atom. The van der Waals surface area contributed by atoms with Crippen LogP contribution >= 0.6 is 22.9 Å². The molecule has 26 heavy (non-hydrogen) atoms. The first kappa shape index (κ1) is 19.9. The van der Waals surface area contributed by atoms with Crippen LogP contribution < -0.4 is 5.32 Å². The van der Waals surface area contributed by atoms with Crippen LogP contribution in [0.5, 0.6) is 0 Å². The molecular weight excluding hydrogens is 382 g/mol. The van der Waals surface area contributed by atoms with Gasteiger partial charge in [-0.05, 0) is 18.9 Å². The molecule has 0 spiro atoms. The second-order valence-corrected chi connectivity index (χ2v) is 6.73.